The minimum absolute atomic E-state index is 0.236. The van der Waals surface area contributed by atoms with E-state index >= 15 is 0 Å². The van der Waals surface area contributed by atoms with Crippen molar-refractivity contribution in [2.75, 3.05) is 6.67 Å². The lowest BCUT2D eigenvalue weighted by atomic mass is 10.1. The molecule has 0 aliphatic carbocycles. The number of pyridine rings is 1. The topological polar surface area (TPSA) is 79.3 Å². The number of halogens is 4. The molecule has 1 rings (SSSR count). The molecule has 5 nitrogen and oxygen atoms in total. The smallest absolute Gasteiger partial charge is 0.433 e. The predicted octanol–water partition coefficient (Wildman–Crippen LogP) is 1.56. The first-order chi connectivity index (χ1) is 9.16. The molecule has 1 aromatic rings. The Bertz CT molecular complexity index is 531. The number of carboxylic acid groups (broad SMARTS) is 1. The number of carbonyl (C=O) groups excluding carboxylic acids is 1. The van der Waals surface area contributed by atoms with Crippen molar-refractivity contribution >= 4 is 11.9 Å². The van der Waals surface area contributed by atoms with Crippen LogP contribution in [0.3, 0.4) is 0 Å². The van der Waals surface area contributed by atoms with E-state index in [0.29, 0.717) is 6.07 Å². The Morgan fingerprint density at radius 2 is 2.00 bits per heavy atom. The van der Waals surface area contributed by atoms with Crippen molar-refractivity contribution in [3.63, 3.8) is 0 Å². The Balaban J connectivity index is 2.98. The molecule has 0 radical (unpaired) electrons. The van der Waals surface area contributed by atoms with Crippen LogP contribution in [0.5, 0.6) is 0 Å². The molecule has 2 N–H and O–H groups in total. The molecule has 1 amide bonds. The zero-order valence-corrected chi connectivity index (χ0v) is 10.2. The van der Waals surface area contributed by atoms with Crippen LogP contribution >= 0.6 is 0 Å². The zero-order valence-electron chi connectivity index (χ0n) is 10.2. The highest BCUT2D eigenvalue weighted by atomic mass is 19.4. The Labute approximate surface area is 110 Å². The fourth-order valence-electron chi connectivity index (χ4n) is 1.36. The minimum atomic E-state index is -4.65. The fourth-order valence-corrected chi connectivity index (χ4v) is 1.36. The summed E-state index contributed by atoms with van der Waals surface area (Å²) in [4.78, 5) is 25.4. The van der Waals surface area contributed by atoms with Crippen molar-refractivity contribution in [1.82, 2.24) is 10.3 Å². The summed E-state index contributed by atoms with van der Waals surface area (Å²) in [6.45, 7) is -0.177. The van der Waals surface area contributed by atoms with Gasteiger partial charge in [0.1, 0.15) is 12.4 Å². The van der Waals surface area contributed by atoms with Gasteiger partial charge in [0.25, 0.3) is 5.91 Å². The second-order valence-electron chi connectivity index (χ2n) is 3.85. The lowest BCUT2D eigenvalue weighted by Gasteiger charge is -2.13. The van der Waals surface area contributed by atoms with Crippen LogP contribution in [0.2, 0.25) is 0 Å². The Morgan fingerprint density at radius 1 is 1.40 bits per heavy atom. The van der Waals surface area contributed by atoms with Gasteiger partial charge in [-0.15, -0.1) is 0 Å². The highest BCUT2D eigenvalue weighted by molar-refractivity contribution is 5.97. The van der Waals surface area contributed by atoms with Gasteiger partial charge in [0.2, 0.25) is 0 Å². The third kappa shape index (κ3) is 3.65. The third-order valence-electron chi connectivity index (χ3n) is 2.38. The number of hydrogen-bond donors (Lipinski definition) is 2. The second kappa shape index (κ2) is 5.85. The summed E-state index contributed by atoms with van der Waals surface area (Å²) in [6, 6.07) is -0.311. The quantitative estimate of drug-likeness (QED) is 0.826. The molecule has 0 bridgehead atoms. The normalized spacial score (nSPS) is 12.8. The fraction of sp³-hybridized carbons (Fsp3) is 0.364. The van der Waals surface area contributed by atoms with E-state index < -0.39 is 36.5 Å². The molecule has 0 saturated heterocycles. The molecule has 1 aromatic heterocycles. The first-order valence-electron chi connectivity index (χ1n) is 5.31. The maximum absolute atomic E-state index is 12.4. The van der Waals surface area contributed by atoms with Gasteiger partial charge in [-0.1, -0.05) is 0 Å². The lowest BCUT2D eigenvalue weighted by Crippen LogP contribution is -2.42. The van der Waals surface area contributed by atoms with Crippen LogP contribution in [0, 0.1) is 6.92 Å². The number of aromatic nitrogens is 1. The van der Waals surface area contributed by atoms with Crippen molar-refractivity contribution in [2.45, 2.75) is 19.1 Å². The minimum Gasteiger partial charge on any atom is -0.480 e. The van der Waals surface area contributed by atoms with Crippen LogP contribution < -0.4 is 5.32 Å². The summed E-state index contributed by atoms with van der Waals surface area (Å²) in [5.74, 6) is -2.59. The largest absolute Gasteiger partial charge is 0.480 e. The Morgan fingerprint density at radius 3 is 2.40 bits per heavy atom. The summed E-state index contributed by atoms with van der Waals surface area (Å²) in [5.41, 5.74) is -1.66. The van der Waals surface area contributed by atoms with E-state index in [4.69, 9.17) is 5.11 Å². The summed E-state index contributed by atoms with van der Waals surface area (Å²) in [7, 11) is 0. The molecule has 0 fully saturated rings. The molecule has 1 atom stereocenters. The van der Waals surface area contributed by atoms with Crippen molar-refractivity contribution in [1.29, 1.82) is 0 Å². The summed E-state index contributed by atoms with van der Waals surface area (Å²) in [6.07, 6.45) is -4.65. The molecule has 9 heteroatoms. The number of aliphatic carboxylic acids is 1. The van der Waals surface area contributed by atoms with Crippen molar-refractivity contribution in [3.8, 4) is 0 Å². The standard InChI is InChI=1S/C11H10F4N2O3/c1-5-6(2-3-8(16-5)11(13,14)15)9(18)17-7(4-12)10(19)20/h2-3,7H,4H2,1H3,(H,17,18)(H,19,20). The number of alkyl halides is 4. The van der Waals surface area contributed by atoms with Crippen LogP contribution in [0.15, 0.2) is 12.1 Å². The highest BCUT2D eigenvalue weighted by Crippen LogP contribution is 2.28. The van der Waals surface area contributed by atoms with Gasteiger partial charge in [-0.3, -0.25) is 4.79 Å². The van der Waals surface area contributed by atoms with Gasteiger partial charge in [-0.05, 0) is 19.1 Å². The molecular weight excluding hydrogens is 284 g/mol. The molecule has 0 saturated carbocycles. The predicted molar refractivity (Wildman–Crippen MR) is 58.8 cm³/mol. The molecule has 1 heterocycles. The van der Waals surface area contributed by atoms with E-state index in [1.807, 2.05) is 5.32 Å². The first-order valence-corrected chi connectivity index (χ1v) is 5.31. The van der Waals surface area contributed by atoms with E-state index in [1.165, 1.54) is 0 Å². The highest BCUT2D eigenvalue weighted by Gasteiger charge is 2.33. The molecule has 0 spiro atoms. The van der Waals surface area contributed by atoms with E-state index in [9.17, 15) is 27.2 Å². The van der Waals surface area contributed by atoms with Crippen molar-refractivity contribution in [3.05, 3.63) is 29.1 Å². The van der Waals surface area contributed by atoms with Gasteiger partial charge in [-0.25, -0.2) is 14.2 Å². The number of carbonyl (C=O) groups is 2. The Kier molecular flexibility index (Phi) is 4.64. The number of nitrogens with one attached hydrogen (secondary N) is 1. The molecule has 0 aliphatic heterocycles. The SMILES string of the molecule is Cc1nc(C(F)(F)F)ccc1C(=O)NC(CF)C(=O)O. The molecule has 0 aromatic carbocycles. The maximum Gasteiger partial charge on any atom is 0.433 e. The number of nitrogens with zero attached hydrogens (tertiary/aromatic N) is 1. The first kappa shape index (κ1) is 15.9. The lowest BCUT2D eigenvalue weighted by molar-refractivity contribution is -0.141. The zero-order chi connectivity index (χ0) is 15.5. The molecule has 110 valence electrons. The van der Waals surface area contributed by atoms with Crippen LogP contribution in [-0.2, 0) is 11.0 Å². The molecular formula is C11H10F4N2O3. The van der Waals surface area contributed by atoms with Gasteiger partial charge in [0.05, 0.1) is 11.3 Å². The van der Waals surface area contributed by atoms with E-state index in [-0.39, 0.29) is 11.3 Å². The number of amides is 1. The van der Waals surface area contributed by atoms with E-state index in [1.54, 1.807) is 0 Å². The number of rotatable bonds is 4. The van der Waals surface area contributed by atoms with E-state index in [0.717, 1.165) is 13.0 Å². The van der Waals surface area contributed by atoms with Crippen molar-refractivity contribution < 1.29 is 32.3 Å². The van der Waals surface area contributed by atoms with Crippen LogP contribution in [0.4, 0.5) is 17.6 Å². The van der Waals surface area contributed by atoms with Gasteiger partial charge < -0.3 is 10.4 Å². The van der Waals surface area contributed by atoms with Gasteiger partial charge in [0.15, 0.2) is 6.04 Å². The average Bonchev–Trinajstić information content (AvgIpc) is 2.33. The van der Waals surface area contributed by atoms with Crippen LogP contribution in [-0.4, -0.2) is 34.7 Å². The average molecular weight is 294 g/mol. The van der Waals surface area contributed by atoms with Gasteiger partial charge in [-0.2, -0.15) is 13.2 Å². The van der Waals surface area contributed by atoms with Gasteiger partial charge >= 0.3 is 12.1 Å². The van der Waals surface area contributed by atoms with Crippen LogP contribution in [0.25, 0.3) is 0 Å². The number of hydrogen-bond acceptors (Lipinski definition) is 3. The second-order valence-corrected chi connectivity index (χ2v) is 3.85. The summed E-state index contributed by atoms with van der Waals surface area (Å²) < 4.78 is 49.5. The third-order valence-corrected chi connectivity index (χ3v) is 2.38. The molecule has 1 unspecified atom stereocenters. The molecule has 0 aliphatic rings. The van der Waals surface area contributed by atoms with Crippen molar-refractivity contribution in [2.24, 2.45) is 0 Å². The summed E-state index contributed by atoms with van der Waals surface area (Å²) in [5, 5.41) is 10.4. The Hall–Kier alpha value is -2.19. The monoisotopic (exact) mass is 294 g/mol. The molecule has 20 heavy (non-hydrogen) atoms. The van der Waals surface area contributed by atoms with E-state index in [2.05, 4.69) is 4.98 Å². The number of carboxylic acids is 1. The van der Waals surface area contributed by atoms with Gasteiger partial charge in [0, 0.05) is 0 Å². The number of aryl methyl sites for hydroxylation is 1. The maximum atomic E-state index is 12.4. The van der Waals surface area contributed by atoms with Crippen LogP contribution in [0.1, 0.15) is 21.7 Å². The summed E-state index contributed by atoms with van der Waals surface area (Å²) >= 11 is 0.